The van der Waals surface area contributed by atoms with Gasteiger partial charge in [0.2, 0.25) is 0 Å². The van der Waals surface area contributed by atoms with Gasteiger partial charge >= 0.3 is 0 Å². The van der Waals surface area contributed by atoms with Crippen molar-refractivity contribution < 1.29 is 23.7 Å². The van der Waals surface area contributed by atoms with Crippen LogP contribution in [0.1, 0.15) is 48.2 Å². The largest absolute Gasteiger partial charge is 0.391 e. The summed E-state index contributed by atoms with van der Waals surface area (Å²) in [5.41, 5.74) is 7.58. The van der Waals surface area contributed by atoms with Gasteiger partial charge in [-0.1, -0.05) is 6.92 Å². The minimum Gasteiger partial charge on any atom is -0.391 e. The van der Waals surface area contributed by atoms with E-state index in [9.17, 15) is 10.2 Å². The molecule has 0 bridgehead atoms. The van der Waals surface area contributed by atoms with Gasteiger partial charge in [-0.05, 0) is 71.7 Å². The second kappa shape index (κ2) is 9.46. The SMILES string of the molecule is C[C@H]1C[C@@H](c2ccncc2Cc2ncc3ccc(-c4c(F)cc(C5(O)COC5)cc4F)nn23)C[C@@H](N)[C@@H]1O. The molecule has 4 N–H and O–H groups in total. The maximum atomic E-state index is 15.1. The first-order valence-corrected chi connectivity index (χ1v) is 12.7. The van der Waals surface area contributed by atoms with Gasteiger partial charge in [0.25, 0.3) is 0 Å². The number of rotatable bonds is 5. The molecule has 3 aromatic heterocycles. The van der Waals surface area contributed by atoms with Crippen LogP contribution in [0.3, 0.4) is 0 Å². The van der Waals surface area contributed by atoms with Crippen molar-refractivity contribution >= 4 is 5.52 Å². The highest BCUT2D eigenvalue weighted by Gasteiger charge is 2.39. The fourth-order valence-corrected chi connectivity index (χ4v) is 5.72. The standard InChI is InChI=1S/C28H29F2N5O3/c1-15-6-16(7-23(31)27(15)36)20-4-5-32-11-17(20)8-25-33-12-19-2-3-24(34-35(19)25)26-21(29)9-18(10-22(26)30)28(37)13-38-14-28/h2-5,9-12,15-16,23,27,36-37H,6-8,13-14,31H2,1H3/t15-,16+,23+,27+/m0/s1. The lowest BCUT2D eigenvalue weighted by atomic mass is 9.74. The van der Waals surface area contributed by atoms with E-state index in [0.29, 0.717) is 24.2 Å². The number of pyridine rings is 1. The van der Waals surface area contributed by atoms with Crippen LogP contribution in [-0.4, -0.2) is 55.2 Å². The Bertz CT molecular complexity index is 1470. The third-order valence-electron chi connectivity index (χ3n) is 7.94. The molecule has 38 heavy (non-hydrogen) atoms. The fourth-order valence-electron chi connectivity index (χ4n) is 5.72. The van der Waals surface area contributed by atoms with E-state index in [4.69, 9.17) is 10.5 Å². The van der Waals surface area contributed by atoms with Gasteiger partial charge in [-0.25, -0.2) is 18.3 Å². The number of imidazole rings is 1. The third-order valence-corrected chi connectivity index (χ3v) is 7.94. The highest BCUT2D eigenvalue weighted by molar-refractivity contribution is 5.63. The minimum absolute atomic E-state index is 0.00352. The summed E-state index contributed by atoms with van der Waals surface area (Å²) in [5, 5.41) is 25.3. The normalized spacial score (nSPS) is 24.9. The second-order valence-electron chi connectivity index (χ2n) is 10.6. The number of nitrogens with two attached hydrogens (primary N) is 1. The van der Waals surface area contributed by atoms with Crippen LogP contribution in [0.2, 0.25) is 0 Å². The molecule has 1 saturated carbocycles. The van der Waals surface area contributed by atoms with E-state index in [1.165, 1.54) is 0 Å². The molecule has 4 aromatic rings. The Morgan fingerprint density at radius 1 is 1.13 bits per heavy atom. The van der Waals surface area contributed by atoms with Crippen molar-refractivity contribution in [3.63, 3.8) is 0 Å². The monoisotopic (exact) mass is 521 g/mol. The van der Waals surface area contributed by atoms with Crippen LogP contribution >= 0.6 is 0 Å². The van der Waals surface area contributed by atoms with Crippen LogP contribution in [0.25, 0.3) is 16.8 Å². The predicted octanol–water partition coefficient (Wildman–Crippen LogP) is 3.08. The smallest absolute Gasteiger partial charge is 0.136 e. The summed E-state index contributed by atoms with van der Waals surface area (Å²) < 4.78 is 36.8. The van der Waals surface area contributed by atoms with Gasteiger partial charge in [0, 0.05) is 24.9 Å². The van der Waals surface area contributed by atoms with E-state index in [1.54, 1.807) is 35.2 Å². The van der Waals surface area contributed by atoms with Crippen molar-refractivity contribution in [3.8, 4) is 11.3 Å². The van der Waals surface area contributed by atoms with Crippen LogP contribution in [-0.2, 0) is 16.8 Å². The van der Waals surface area contributed by atoms with Crippen molar-refractivity contribution in [2.24, 2.45) is 11.7 Å². The Labute approximate surface area is 218 Å². The summed E-state index contributed by atoms with van der Waals surface area (Å²) in [6, 6.07) is 7.22. The minimum atomic E-state index is -1.38. The fraction of sp³-hybridized carbons (Fsp3) is 0.393. The topological polar surface area (TPSA) is 119 Å². The second-order valence-corrected chi connectivity index (χ2v) is 10.6. The summed E-state index contributed by atoms with van der Waals surface area (Å²) >= 11 is 0. The molecule has 2 fully saturated rings. The molecule has 1 saturated heterocycles. The number of hydrogen-bond acceptors (Lipinski definition) is 7. The van der Waals surface area contributed by atoms with E-state index in [0.717, 1.165) is 29.7 Å². The Morgan fingerprint density at radius 2 is 1.89 bits per heavy atom. The zero-order valence-corrected chi connectivity index (χ0v) is 20.9. The van der Waals surface area contributed by atoms with Gasteiger partial charge in [0.1, 0.15) is 23.1 Å². The summed E-state index contributed by atoms with van der Waals surface area (Å²) in [6.45, 7) is 2.00. The van der Waals surface area contributed by atoms with E-state index < -0.39 is 23.3 Å². The van der Waals surface area contributed by atoms with E-state index in [-0.39, 0.29) is 47.9 Å². The Morgan fingerprint density at radius 3 is 2.58 bits per heavy atom. The zero-order chi connectivity index (χ0) is 26.6. The number of aromatic nitrogens is 4. The van der Waals surface area contributed by atoms with E-state index >= 15 is 8.78 Å². The Hall–Kier alpha value is -3.31. The number of aliphatic hydroxyl groups is 2. The molecule has 8 nitrogen and oxygen atoms in total. The number of ether oxygens (including phenoxy) is 1. The summed E-state index contributed by atoms with van der Waals surface area (Å²) in [7, 11) is 0. The lowest BCUT2D eigenvalue weighted by Crippen LogP contribution is -2.46. The Balaban J connectivity index is 1.34. The molecular formula is C28H29F2N5O3. The van der Waals surface area contributed by atoms with Gasteiger partial charge < -0.3 is 20.7 Å². The van der Waals surface area contributed by atoms with Gasteiger partial charge in [0.15, 0.2) is 0 Å². The van der Waals surface area contributed by atoms with Crippen LogP contribution < -0.4 is 5.73 Å². The summed E-state index contributed by atoms with van der Waals surface area (Å²) in [6.07, 6.45) is 6.59. The van der Waals surface area contributed by atoms with E-state index in [2.05, 4.69) is 15.1 Å². The molecule has 6 rings (SSSR count). The first kappa shape index (κ1) is 25.0. The zero-order valence-electron chi connectivity index (χ0n) is 20.9. The molecule has 4 atom stereocenters. The Kier molecular flexibility index (Phi) is 6.22. The first-order chi connectivity index (χ1) is 18.2. The maximum Gasteiger partial charge on any atom is 0.136 e. The molecule has 1 aliphatic carbocycles. The van der Waals surface area contributed by atoms with Gasteiger partial charge in [-0.15, -0.1) is 0 Å². The van der Waals surface area contributed by atoms with Gasteiger partial charge in [0.05, 0.1) is 42.3 Å². The molecule has 4 heterocycles. The molecule has 0 unspecified atom stereocenters. The van der Waals surface area contributed by atoms with Crippen molar-refractivity contribution in [2.45, 2.75) is 49.9 Å². The number of nitrogens with zero attached hydrogens (tertiary/aromatic N) is 4. The average Bonchev–Trinajstić information content (AvgIpc) is 3.27. The number of aliphatic hydroxyl groups excluding tert-OH is 1. The molecule has 1 aliphatic heterocycles. The molecule has 1 aromatic carbocycles. The maximum absolute atomic E-state index is 15.1. The van der Waals surface area contributed by atoms with Crippen molar-refractivity contribution in [3.05, 3.63) is 83.1 Å². The highest BCUT2D eigenvalue weighted by Crippen LogP contribution is 2.38. The first-order valence-electron chi connectivity index (χ1n) is 12.7. The lowest BCUT2D eigenvalue weighted by Gasteiger charge is -2.36. The molecule has 0 spiro atoms. The molecule has 0 amide bonds. The van der Waals surface area contributed by atoms with Crippen molar-refractivity contribution in [1.82, 2.24) is 19.6 Å². The molecular weight excluding hydrogens is 492 g/mol. The van der Waals surface area contributed by atoms with Gasteiger partial charge in [-0.2, -0.15) is 5.10 Å². The summed E-state index contributed by atoms with van der Waals surface area (Å²) in [5.74, 6) is -0.770. The number of halogens is 2. The van der Waals surface area contributed by atoms with Crippen LogP contribution in [0.15, 0.2) is 48.9 Å². The summed E-state index contributed by atoms with van der Waals surface area (Å²) in [4.78, 5) is 8.85. The van der Waals surface area contributed by atoms with E-state index in [1.807, 2.05) is 13.0 Å². The quantitative estimate of drug-likeness (QED) is 0.369. The van der Waals surface area contributed by atoms with Gasteiger partial charge in [-0.3, -0.25) is 4.98 Å². The predicted molar refractivity (Wildman–Crippen MR) is 135 cm³/mol. The average molecular weight is 522 g/mol. The number of hydrogen-bond donors (Lipinski definition) is 3. The lowest BCUT2D eigenvalue weighted by molar-refractivity contribution is -0.184. The molecule has 10 heteroatoms. The van der Waals surface area contributed by atoms with Crippen LogP contribution in [0, 0.1) is 17.6 Å². The van der Waals surface area contributed by atoms with Crippen LogP contribution in [0.5, 0.6) is 0 Å². The van der Waals surface area contributed by atoms with Crippen molar-refractivity contribution in [1.29, 1.82) is 0 Å². The number of benzene rings is 1. The highest BCUT2D eigenvalue weighted by atomic mass is 19.1. The molecule has 198 valence electrons. The molecule has 0 radical (unpaired) electrons. The van der Waals surface area contributed by atoms with Crippen LogP contribution in [0.4, 0.5) is 8.78 Å². The van der Waals surface area contributed by atoms with Crippen molar-refractivity contribution in [2.75, 3.05) is 13.2 Å². The molecule has 2 aliphatic rings. The third kappa shape index (κ3) is 4.27. The number of fused-ring (bicyclic) bond motifs is 1.